The van der Waals surface area contributed by atoms with Crippen LogP contribution in [0.2, 0.25) is 0 Å². The van der Waals surface area contributed by atoms with Crippen molar-refractivity contribution >= 4 is 17.3 Å². The second kappa shape index (κ2) is 8.03. The van der Waals surface area contributed by atoms with Crippen LogP contribution in [-0.4, -0.2) is 24.2 Å². The molecule has 21 heavy (non-hydrogen) atoms. The maximum Gasteiger partial charge on any atom is 0.224 e. The van der Waals surface area contributed by atoms with Crippen molar-refractivity contribution in [1.82, 2.24) is 0 Å². The van der Waals surface area contributed by atoms with Crippen LogP contribution >= 0.6 is 0 Å². The Kier molecular flexibility index (Phi) is 6.69. The standard InChI is InChI=1S/C17H28N2O2/c1-5-16(21)19-14-9-8-13(4)15(10-14)18-11-17(6-2,7-3)12-20/h8-10,18,20H,5-7,11-12H2,1-4H3,(H,19,21). The van der Waals surface area contributed by atoms with Crippen molar-refractivity contribution in [3.05, 3.63) is 23.8 Å². The Labute approximate surface area is 128 Å². The maximum atomic E-state index is 11.5. The number of aryl methyl sites for hydroxylation is 1. The first-order chi connectivity index (χ1) is 10.00. The zero-order valence-corrected chi connectivity index (χ0v) is 13.6. The number of rotatable bonds is 8. The Bertz CT molecular complexity index is 460. The summed E-state index contributed by atoms with van der Waals surface area (Å²) in [5.41, 5.74) is 2.85. The molecule has 1 amide bonds. The highest BCUT2D eigenvalue weighted by Gasteiger charge is 2.25. The highest BCUT2D eigenvalue weighted by atomic mass is 16.3. The van der Waals surface area contributed by atoms with Gasteiger partial charge in [0.2, 0.25) is 5.91 Å². The number of aliphatic hydroxyl groups excluding tert-OH is 1. The van der Waals surface area contributed by atoms with Gasteiger partial charge in [0, 0.05) is 29.8 Å². The second-order valence-electron chi connectivity index (χ2n) is 5.65. The minimum Gasteiger partial charge on any atom is -0.396 e. The lowest BCUT2D eigenvalue weighted by Crippen LogP contribution is -2.32. The SMILES string of the molecule is CCC(=O)Nc1ccc(C)c(NCC(CC)(CC)CO)c1. The van der Waals surface area contributed by atoms with Gasteiger partial charge in [-0.1, -0.05) is 26.8 Å². The maximum absolute atomic E-state index is 11.5. The third kappa shape index (κ3) is 4.74. The molecule has 3 N–H and O–H groups in total. The molecule has 0 saturated carbocycles. The van der Waals surface area contributed by atoms with Gasteiger partial charge in [-0.2, -0.15) is 0 Å². The van der Waals surface area contributed by atoms with Crippen molar-refractivity contribution in [1.29, 1.82) is 0 Å². The third-order valence-corrected chi connectivity index (χ3v) is 4.33. The third-order valence-electron chi connectivity index (χ3n) is 4.33. The number of anilines is 2. The lowest BCUT2D eigenvalue weighted by molar-refractivity contribution is -0.115. The minimum atomic E-state index is -0.0882. The predicted octanol–water partition coefficient (Wildman–Crippen LogP) is 3.55. The van der Waals surface area contributed by atoms with E-state index in [1.54, 1.807) is 0 Å². The molecule has 0 bridgehead atoms. The van der Waals surface area contributed by atoms with Crippen LogP contribution in [0.3, 0.4) is 0 Å². The molecule has 0 atom stereocenters. The Morgan fingerprint density at radius 3 is 2.43 bits per heavy atom. The van der Waals surface area contributed by atoms with E-state index in [0.717, 1.165) is 36.3 Å². The molecule has 1 aromatic carbocycles. The fraction of sp³-hybridized carbons (Fsp3) is 0.588. The Morgan fingerprint density at radius 2 is 1.90 bits per heavy atom. The van der Waals surface area contributed by atoms with Crippen molar-refractivity contribution in [2.75, 3.05) is 23.8 Å². The zero-order chi connectivity index (χ0) is 15.9. The molecular formula is C17H28N2O2. The van der Waals surface area contributed by atoms with E-state index >= 15 is 0 Å². The van der Waals surface area contributed by atoms with Crippen LogP contribution in [0.25, 0.3) is 0 Å². The van der Waals surface area contributed by atoms with Crippen LogP contribution < -0.4 is 10.6 Å². The molecule has 1 rings (SSSR count). The molecule has 0 saturated heterocycles. The van der Waals surface area contributed by atoms with Crippen LogP contribution in [0.15, 0.2) is 18.2 Å². The van der Waals surface area contributed by atoms with E-state index in [4.69, 9.17) is 0 Å². The van der Waals surface area contributed by atoms with Gasteiger partial charge in [0.1, 0.15) is 0 Å². The summed E-state index contributed by atoms with van der Waals surface area (Å²) in [6.45, 7) is 8.98. The molecule has 4 heteroatoms. The first kappa shape index (κ1) is 17.5. The summed E-state index contributed by atoms with van der Waals surface area (Å²) in [6, 6.07) is 5.86. The monoisotopic (exact) mass is 292 g/mol. The summed E-state index contributed by atoms with van der Waals surface area (Å²) in [5.74, 6) is 0.0108. The van der Waals surface area contributed by atoms with E-state index in [1.807, 2.05) is 32.0 Å². The van der Waals surface area contributed by atoms with Gasteiger partial charge >= 0.3 is 0 Å². The van der Waals surface area contributed by atoms with E-state index in [9.17, 15) is 9.90 Å². The quantitative estimate of drug-likeness (QED) is 0.686. The molecule has 0 aliphatic carbocycles. The minimum absolute atomic E-state index is 0.0108. The first-order valence-corrected chi connectivity index (χ1v) is 7.75. The number of hydrogen-bond donors (Lipinski definition) is 3. The van der Waals surface area contributed by atoms with Crippen molar-refractivity contribution in [2.24, 2.45) is 5.41 Å². The Morgan fingerprint density at radius 1 is 1.24 bits per heavy atom. The van der Waals surface area contributed by atoms with Crippen molar-refractivity contribution in [3.8, 4) is 0 Å². The van der Waals surface area contributed by atoms with Crippen LogP contribution in [0.4, 0.5) is 11.4 Å². The summed E-state index contributed by atoms with van der Waals surface area (Å²) >= 11 is 0. The van der Waals surface area contributed by atoms with Crippen LogP contribution in [0.1, 0.15) is 45.6 Å². The first-order valence-electron chi connectivity index (χ1n) is 7.75. The topological polar surface area (TPSA) is 61.4 Å². The molecular weight excluding hydrogens is 264 g/mol. The van der Waals surface area contributed by atoms with Gasteiger partial charge < -0.3 is 15.7 Å². The van der Waals surface area contributed by atoms with Crippen molar-refractivity contribution in [3.63, 3.8) is 0 Å². The summed E-state index contributed by atoms with van der Waals surface area (Å²) in [4.78, 5) is 11.5. The molecule has 0 aromatic heterocycles. The number of aliphatic hydroxyl groups is 1. The van der Waals surface area contributed by atoms with E-state index in [0.29, 0.717) is 6.42 Å². The van der Waals surface area contributed by atoms with E-state index in [2.05, 4.69) is 24.5 Å². The molecule has 0 unspecified atom stereocenters. The van der Waals surface area contributed by atoms with E-state index in [-0.39, 0.29) is 17.9 Å². The Hall–Kier alpha value is -1.55. The summed E-state index contributed by atoms with van der Waals surface area (Å²) in [5, 5.41) is 15.9. The molecule has 118 valence electrons. The molecule has 0 spiro atoms. The average Bonchev–Trinajstić information content (AvgIpc) is 2.51. The van der Waals surface area contributed by atoms with Gasteiger partial charge in [0.05, 0.1) is 6.61 Å². The molecule has 1 aromatic rings. The molecule has 0 heterocycles. The fourth-order valence-corrected chi connectivity index (χ4v) is 2.20. The normalized spacial score (nSPS) is 11.3. The van der Waals surface area contributed by atoms with Crippen LogP contribution in [0, 0.1) is 12.3 Å². The summed E-state index contributed by atoms with van der Waals surface area (Å²) in [7, 11) is 0. The molecule has 0 fully saturated rings. The molecule has 0 radical (unpaired) electrons. The molecule has 0 aliphatic rings. The number of amides is 1. The van der Waals surface area contributed by atoms with Crippen LogP contribution in [-0.2, 0) is 4.79 Å². The summed E-state index contributed by atoms with van der Waals surface area (Å²) in [6.07, 6.45) is 2.33. The second-order valence-corrected chi connectivity index (χ2v) is 5.65. The average molecular weight is 292 g/mol. The molecule has 0 aliphatic heterocycles. The smallest absolute Gasteiger partial charge is 0.224 e. The van der Waals surface area contributed by atoms with Gasteiger partial charge in [-0.15, -0.1) is 0 Å². The van der Waals surface area contributed by atoms with Gasteiger partial charge in [-0.25, -0.2) is 0 Å². The fourth-order valence-electron chi connectivity index (χ4n) is 2.20. The van der Waals surface area contributed by atoms with Gasteiger partial charge in [-0.3, -0.25) is 4.79 Å². The molecule has 4 nitrogen and oxygen atoms in total. The van der Waals surface area contributed by atoms with Gasteiger partial charge in [-0.05, 0) is 37.5 Å². The number of nitrogens with one attached hydrogen (secondary N) is 2. The predicted molar refractivity (Wildman–Crippen MR) is 88.7 cm³/mol. The van der Waals surface area contributed by atoms with Gasteiger partial charge in [0.25, 0.3) is 0 Å². The number of benzene rings is 1. The lowest BCUT2D eigenvalue weighted by atomic mass is 9.83. The van der Waals surface area contributed by atoms with E-state index < -0.39 is 0 Å². The highest BCUT2D eigenvalue weighted by Crippen LogP contribution is 2.28. The highest BCUT2D eigenvalue weighted by molar-refractivity contribution is 5.91. The largest absolute Gasteiger partial charge is 0.396 e. The number of carbonyl (C=O) groups excluding carboxylic acids is 1. The number of carbonyl (C=O) groups is 1. The van der Waals surface area contributed by atoms with E-state index in [1.165, 1.54) is 0 Å². The van der Waals surface area contributed by atoms with Crippen molar-refractivity contribution < 1.29 is 9.90 Å². The zero-order valence-electron chi connectivity index (χ0n) is 13.6. The van der Waals surface area contributed by atoms with Crippen molar-refractivity contribution in [2.45, 2.75) is 47.0 Å². The number of hydrogen-bond acceptors (Lipinski definition) is 3. The Balaban J connectivity index is 2.82. The van der Waals surface area contributed by atoms with Crippen LogP contribution in [0.5, 0.6) is 0 Å². The summed E-state index contributed by atoms with van der Waals surface area (Å²) < 4.78 is 0. The lowest BCUT2D eigenvalue weighted by Gasteiger charge is -2.30. The van der Waals surface area contributed by atoms with Gasteiger partial charge in [0.15, 0.2) is 0 Å².